The van der Waals surface area contributed by atoms with Crippen molar-refractivity contribution in [2.45, 2.75) is 19.4 Å². The number of rotatable bonds is 5. The predicted molar refractivity (Wildman–Crippen MR) is 95.7 cm³/mol. The van der Waals surface area contributed by atoms with Crippen LogP contribution in [-0.2, 0) is 6.42 Å². The highest BCUT2D eigenvalue weighted by Gasteiger charge is 2.15. The molecule has 1 atom stereocenters. The second kappa shape index (κ2) is 7.45. The summed E-state index contributed by atoms with van der Waals surface area (Å²) >= 11 is 8.41. The van der Waals surface area contributed by atoms with Crippen molar-refractivity contribution in [2.75, 3.05) is 7.11 Å². The molecule has 0 aliphatic heterocycles. The number of nitrogens with two attached hydrogens (primary N) is 1. The number of benzene rings is 2. The number of hydrazine groups is 1. The van der Waals surface area contributed by atoms with Gasteiger partial charge in [0.25, 0.3) is 0 Å². The van der Waals surface area contributed by atoms with E-state index in [4.69, 9.17) is 22.2 Å². The van der Waals surface area contributed by atoms with Gasteiger partial charge in [0.05, 0.1) is 18.2 Å². The van der Waals surface area contributed by atoms with Crippen molar-refractivity contribution in [1.82, 2.24) is 5.43 Å². The summed E-state index contributed by atoms with van der Waals surface area (Å²) in [6.45, 7) is 2.07. The van der Waals surface area contributed by atoms with Crippen molar-refractivity contribution in [1.29, 1.82) is 0 Å². The van der Waals surface area contributed by atoms with E-state index in [1.807, 2.05) is 30.3 Å². The molecule has 2 rings (SSSR count). The van der Waals surface area contributed by atoms with Gasteiger partial charge in [-0.25, -0.2) is 0 Å². The summed E-state index contributed by atoms with van der Waals surface area (Å²) in [5.74, 6) is 6.61. The molecular weight excluding hydrogens is 399 g/mol. The van der Waals surface area contributed by atoms with Crippen molar-refractivity contribution in [3.63, 3.8) is 0 Å². The topological polar surface area (TPSA) is 47.3 Å². The molecule has 2 aromatic carbocycles. The van der Waals surface area contributed by atoms with E-state index in [0.29, 0.717) is 0 Å². The van der Waals surface area contributed by atoms with Gasteiger partial charge in [0.15, 0.2) is 0 Å². The Morgan fingerprint density at radius 2 is 2.05 bits per heavy atom. The van der Waals surface area contributed by atoms with Gasteiger partial charge in [-0.15, -0.1) is 0 Å². The molecule has 0 bridgehead atoms. The number of methoxy groups -OCH3 is 1. The van der Waals surface area contributed by atoms with E-state index in [0.717, 1.165) is 31.9 Å². The molecule has 3 nitrogen and oxygen atoms in total. The van der Waals surface area contributed by atoms with Gasteiger partial charge in [0, 0.05) is 3.57 Å². The number of nitrogens with one attached hydrogen (secondary N) is 1. The zero-order valence-electron chi connectivity index (χ0n) is 12.0. The molecule has 0 heterocycles. The molecule has 1 unspecified atom stereocenters. The summed E-state index contributed by atoms with van der Waals surface area (Å²) in [6.07, 6.45) is 0.734. The quantitative estimate of drug-likeness (QED) is 0.440. The van der Waals surface area contributed by atoms with E-state index in [9.17, 15) is 0 Å². The Labute approximate surface area is 143 Å². The van der Waals surface area contributed by atoms with Crippen LogP contribution < -0.4 is 16.0 Å². The highest BCUT2D eigenvalue weighted by molar-refractivity contribution is 14.1. The summed E-state index contributed by atoms with van der Waals surface area (Å²) in [4.78, 5) is 0. The van der Waals surface area contributed by atoms with Gasteiger partial charge in [-0.1, -0.05) is 35.4 Å². The van der Waals surface area contributed by atoms with E-state index in [1.165, 1.54) is 5.56 Å². The highest BCUT2D eigenvalue weighted by Crippen LogP contribution is 2.28. The number of halogens is 2. The second-order valence-electron chi connectivity index (χ2n) is 4.91. The predicted octanol–water partition coefficient (Wildman–Crippen LogP) is 4.01. The Bertz CT molecular complexity index is 634. The molecule has 0 aliphatic carbocycles. The van der Waals surface area contributed by atoms with Gasteiger partial charge in [0.1, 0.15) is 5.75 Å². The fraction of sp³-hybridized carbons (Fsp3) is 0.250. The first-order valence-electron chi connectivity index (χ1n) is 6.59. The average Bonchev–Trinajstić information content (AvgIpc) is 2.48. The van der Waals surface area contributed by atoms with Crippen molar-refractivity contribution in [3.05, 3.63) is 61.7 Å². The van der Waals surface area contributed by atoms with Crippen LogP contribution in [0.5, 0.6) is 5.75 Å². The molecule has 0 aromatic heterocycles. The van der Waals surface area contributed by atoms with E-state index in [-0.39, 0.29) is 6.04 Å². The Morgan fingerprint density at radius 1 is 1.29 bits per heavy atom. The fourth-order valence-electron chi connectivity index (χ4n) is 2.29. The Balaban J connectivity index is 2.30. The van der Waals surface area contributed by atoms with Crippen molar-refractivity contribution in [3.8, 4) is 5.75 Å². The largest absolute Gasteiger partial charge is 0.496 e. The van der Waals surface area contributed by atoms with Crippen LogP contribution in [0.4, 0.5) is 0 Å². The van der Waals surface area contributed by atoms with E-state index >= 15 is 0 Å². The standard InChI is InChI=1S/C16H18ClIN2O/c1-10-3-6-16(21-2)12(7-10)9-15(20-19)11-4-5-14(18)13(17)8-11/h3-8,15,20H,9,19H2,1-2H3. The Morgan fingerprint density at radius 3 is 2.67 bits per heavy atom. The molecule has 0 aliphatic rings. The minimum absolute atomic E-state index is 0.0183. The normalized spacial score (nSPS) is 12.2. The maximum atomic E-state index is 6.20. The van der Waals surface area contributed by atoms with Crippen LogP contribution in [0.25, 0.3) is 0 Å². The molecule has 0 amide bonds. The monoisotopic (exact) mass is 416 g/mol. The molecule has 0 fully saturated rings. The highest BCUT2D eigenvalue weighted by atomic mass is 127. The van der Waals surface area contributed by atoms with Gasteiger partial charge < -0.3 is 4.74 Å². The summed E-state index contributed by atoms with van der Waals surface area (Å²) < 4.78 is 6.46. The number of aryl methyl sites for hydroxylation is 1. The maximum Gasteiger partial charge on any atom is 0.122 e. The summed E-state index contributed by atoms with van der Waals surface area (Å²) in [5, 5.41) is 0.740. The molecule has 2 aromatic rings. The molecular formula is C16H18ClIN2O. The van der Waals surface area contributed by atoms with Crippen LogP contribution in [0, 0.1) is 10.5 Å². The number of hydrogen-bond donors (Lipinski definition) is 2. The molecule has 0 saturated heterocycles. The van der Waals surface area contributed by atoms with Gasteiger partial charge in [-0.3, -0.25) is 11.3 Å². The zero-order chi connectivity index (χ0) is 15.4. The molecule has 0 radical (unpaired) electrons. The second-order valence-corrected chi connectivity index (χ2v) is 6.48. The lowest BCUT2D eigenvalue weighted by molar-refractivity contribution is 0.405. The lowest BCUT2D eigenvalue weighted by atomic mass is 9.97. The van der Waals surface area contributed by atoms with E-state index in [2.05, 4.69) is 41.0 Å². The molecule has 0 spiro atoms. The third kappa shape index (κ3) is 4.10. The van der Waals surface area contributed by atoms with Crippen LogP contribution >= 0.6 is 34.2 Å². The molecule has 0 saturated carbocycles. The number of hydrogen-bond acceptors (Lipinski definition) is 3. The Hall–Kier alpha value is -0.820. The van der Waals surface area contributed by atoms with Crippen LogP contribution in [-0.4, -0.2) is 7.11 Å². The summed E-state index contributed by atoms with van der Waals surface area (Å²) in [7, 11) is 1.68. The maximum absolute atomic E-state index is 6.20. The zero-order valence-corrected chi connectivity index (χ0v) is 14.9. The molecule has 3 N–H and O–H groups in total. The smallest absolute Gasteiger partial charge is 0.122 e. The third-order valence-corrected chi connectivity index (χ3v) is 4.98. The average molecular weight is 417 g/mol. The van der Waals surface area contributed by atoms with Gasteiger partial charge in [-0.2, -0.15) is 0 Å². The molecule has 112 valence electrons. The van der Waals surface area contributed by atoms with E-state index < -0.39 is 0 Å². The first-order chi connectivity index (χ1) is 10.0. The molecule has 21 heavy (non-hydrogen) atoms. The van der Waals surface area contributed by atoms with E-state index in [1.54, 1.807) is 7.11 Å². The van der Waals surface area contributed by atoms with Crippen molar-refractivity contribution < 1.29 is 4.74 Å². The minimum Gasteiger partial charge on any atom is -0.496 e. The first kappa shape index (κ1) is 16.5. The van der Waals surface area contributed by atoms with Crippen molar-refractivity contribution in [2.24, 2.45) is 5.84 Å². The van der Waals surface area contributed by atoms with Crippen LogP contribution in [0.15, 0.2) is 36.4 Å². The Kier molecular flexibility index (Phi) is 5.87. The van der Waals surface area contributed by atoms with Gasteiger partial charge >= 0.3 is 0 Å². The summed E-state index contributed by atoms with van der Waals surface area (Å²) in [5.41, 5.74) is 6.25. The number of ether oxygens (including phenoxy) is 1. The van der Waals surface area contributed by atoms with Crippen LogP contribution in [0.3, 0.4) is 0 Å². The lowest BCUT2D eigenvalue weighted by Crippen LogP contribution is -2.29. The fourth-order valence-corrected chi connectivity index (χ4v) is 2.81. The van der Waals surface area contributed by atoms with Gasteiger partial charge in [-0.05, 0) is 65.3 Å². The third-order valence-electron chi connectivity index (χ3n) is 3.41. The minimum atomic E-state index is -0.0183. The van der Waals surface area contributed by atoms with Crippen LogP contribution in [0.2, 0.25) is 5.02 Å². The summed E-state index contributed by atoms with van der Waals surface area (Å²) in [6, 6.07) is 12.1. The van der Waals surface area contributed by atoms with Crippen molar-refractivity contribution >= 4 is 34.2 Å². The SMILES string of the molecule is COc1ccc(C)cc1CC(NN)c1ccc(I)c(Cl)c1. The van der Waals surface area contributed by atoms with Gasteiger partial charge in [0.2, 0.25) is 0 Å². The lowest BCUT2D eigenvalue weighted by Gasteiger charge is -2.19. The molecule has 5 heteroatoms. The first-order valence-corrected chi connectivity index (χ1v) is 8.05. The van der Waals surface area contributed by atoms with Crippen LogP contribution in [0.1, 0.15) is 22.7 Å².